The van der Waals surface area contributed by atoms with Crippen molar-refractivity contribution < 1.29 is 5.11 Å². The lowest BCUT2D eigenvalue weighted by atomic mass is 9.48. The monoisotopic (exact) mass is 332 g/mol. The van der Waals surface area contributed by atoms with E-state index in [1.165, 1.54) is 44.1 Å². The highest BCUT2D eigenvalue weighted by Gasteiger charge is 2.51. The minimum absolute atomic E-state index is 0.179. The van der Waals surface area contributed by atoms with Gasteiger partial charge in [0.25, 0.3) is 0 Å². The van der Waals surface area contributed by atoms with Gasteiger partial charge in [0.15, 0.2) is 0 Å². The number of aliphatic hydroxyl groups excluding tert-OH is 1. The molecule has 0 aromatic heterocycles. The molecule has 2 rings (SSSR count). The predicted octanol–water partition coefficient (Wildman–Crippen LogP) is 6.67. The highest BCUT2D eigenvalue weighted by Crippen LogP contribution is 2.60. The molecule has 0 saturated heterocycles. The Morgan fingerprint density at radius 1 is 1.33 bits per heavy atom. The van der Waals surface area contributed by atoms with Crippen molar-refractivity contribution in [3.8, 4) is 0 Å². The Morgan fingerprint density at radius 3 is 2.71 bits per heavy atom. The van der Waals surface area contributed by atoms with E-state index in [-0.39, 0.29) is 6.10 Å². The first-order valence-electron chi connectivity index (χ1n) is 10.2. The number of aliphatic hydroxyl groups is 1. The molecule has 0 radical (unpaired) electrons. The normalized spacial score (nSPS) is 34.5. The van der Waals surface area contributed by atoms with Crippen molar-refractivity contribution in [1.82, 2.24) is 0 Å². The van der Waals surface area contributed by atoms with Gasteiger partial charge >= 0.3 is 0 Å². The molecule has 1 nitrogen and oxygen atoms in total. The van der Waals surface area contributed by atoms with Crippen LogP contribution >= 0.6 is 0 Å². The van der Waals surface area contributed by atoms with E-state index in [2.05, 4.69) is 46.8 Å². The van der Waals surface area contributed by atoms with Crippen LogP contribution in [-0.2, 0) is 0 Å². The van der Waals surface area contributed by atoms with Crippen molar-refractivity contribution >= 4 is 0 Å². The zero-order chi connectivity index (χ0) is 18.0. The topological polar surface area (TPSA) is 20.2 Å². The van der Waals surface area contributed by atoms with Crippen molar-refractivity contribution in [1.29, 1.82) is 0 Å². The molecule has 0 aromatic rings. The largest absolute Gasteiger partial charge is 0.393 e. The van der Waals surface area contributed by atoms with E-state index in [0.717, 1.165) is 24.7 Å². The summed E-state index contributed by atoms with van der Waals surface area (Å²) in [5, 5.41) is 9.41. The fraction of sp³-hybridized carbons (Fsp3) is 0.826. The van der Waals surface area contributed by atoms with Crippen LogP contribution < -0.4 is 0 Å². The third-order valence-corrected chi connectivity index (χ3v) is 7.20. The van der Waals surface area contributed by atoms with Crippen molar-refractivity contribution in [2.24, 2.45) is 22.7 Å². The molecular weight excluding hydrogens is 292 g/mol. The van der Waals surface area contributed by atoms with Gasteiger partial charge in [0.1, 0.15) is 0 Å². The molecule has 0 aromatic carbocycles. The van der Waals surface area contributed by atoms with E-state index in [4.69, 9.17) is 0 Å². The first-order chi connectivity index (χ1) is 11.2. The Balaban J connectivity index is 2.05. The van der Waals surface area contributed by atoms with Gasteiger partial charge in [0.2, 0.25) is 0 Å². The Hall–Kier alpha value is -0.560. The average Bonchev–Trinajstić information content (AvgIpc) is 2.45. The maximum Gasteiger partial charge on any atom is 0.0515 e. The highest BCUT2D eigenvalue weighted by molar-refractivity contribution is 5.19. The molecule has 0 aliphatic heterocycles. The molecule has 24 heavy (non-hydrogen) atoms. The van der Waals surface area contributed by atoms with Gasteiger partial charge in [-0.1, -0.05) is 50.5 Å². The Labute approximate surface area is 150 Å². The number of fused-ring (bicyclic) bond motifs is 1. The molecule has 1 N–H and O–H groups in total. The van der Waals surface area contributed by atoms with Crippen LogP contribution in [0, 0.1) is 22.7 Å². The van der Waals surface area contributed by atoms with Gasteiger partial charge in [-0.2, -0.15) is 0 Å². The van der Waals surface area contributed by atoms with Crippen LogP contribution in [0.4, 0.5) is 0 Å². The first kappa shape index (κ1) is 19.8. The van der Waals surface area contributed by atoms with Crippen LogP contribution in [0.25, 0.3) is 0 Å². The summed E-state index contributed by atoms with van der Waals surface area (Å²) in [4.78, 5) is 0. The molecule has 1 saturated carbocycles. The van der Waals surface area contributed by atoms with E-state index in [1.807, 2.05) is 6.92 Å². The number of hydrogen-bond acceptors (Lipinski definition) is 1. The Bertz CT molecular complexity index is 482. The van der Waals surface area contributed by atoms with Gasteiger partial charge in [-0.05, 0) is 88.4 Å². The smallest absolute Gasteiger partial charge is 0.0515 e. The Kier molecular flexibility index (Phi) is 6.40. The molecule has 0 spiro atoms. The maximum atomic E-state index is 9.41. The van der Waals surface area contributed by atoms with Crippen LogP contribution in [0.5, 0.6) is 0 Å². The second-order valence-corrected chi connectivity index (χ2v) is 9.65. The molecule has 0 heterocycles. The third kappa shape index (κ3) is 4.34. The van der Waals surface area contributed by atoms with Crippen LogP contribution in [-0.4, -0.2) is 11.2 Å². The lowest BCUT2D eigenvalue weighted by Crippen LogP contribution is -2.48. The molecule has 0 unspecified atom stereocenters. The number of rotatable bonds is 6. The summed E-state index contributed by atoms with van der Waals surface area (Å²) in [7, 11) is 0. The quantitative estimate of drug-likeness (QED) is 0.538. The van der Waals surface area contributed by atoms with E-state index in [0.29, 0.717) is 10.8 Å². The lowest BCUT2D eigenvalue weighted by Gasteiger charge is -2.57. The summed E-state index contributed by atoms with van der Waals surface area (Å²) in [6.45, 7) is 14.1. The van der Waals surface area contributed by atoms with Crippen molar-refractivity contribution in [3.05, 3.63) is 23.3 Å². The van der Waals surface area contributed by atoms with Crippen LogP contribution in [0.2, 0.25) is 0 Å². The zero-order valence-corrected chi connectivity index (χ0v) is 17.0. The molecule has 1 heteroatoms. The number of hydrogen-bond donors (Lipinski definition) is 1. The molecule has 4 atom stereocenters. The fourth-order valence-corrected chi connectivity index (χ4v) is 5.74. The van der Waals surface area contributed by atoms with E-state index < -0.39 is 0 Å². The standard InChI is InChI=1S/C23H40O/c1-17(9-7-10-19(3)24)11-13-20-18(2)12-14-21-22(4,5)15-8-16-23(20,21)6/h9,12,19-21,24H,7-8,10-11,13-16H2,1-6H3/b17-9+/t19-,20+,21-,23+/m1/s1. The van der Waals surface area contributed by atoms with E-state index >= 15 is 0 Å². The third-order valence-electron chi connectivity index (χ3n) is 7.20. The first-order valence-corrected chi connectivity index (χ1v) is 10.2. The van der Waals surface area contributed by atoms with Crippen LogP contribution in [0.3, 0.4) is 0 Å². The minimum atomic E-state index is -0.179. The molecule has 1 fully saturated rings. The van der Waals surface area contributed by atoms with Gasteiger partial charge in [0, 0.05) is 0 Å². The fourth-order valence-electron chi connectivity index (χ4n) is 5.74. The van der Waals surface area contributed by atoms with E-state index in [1.54, 1.807) is 5.57 Å². The van der Waals surface area contributed by atoms with Gasteiger partial charge in [-0.25, -0.2) is 0 Å². The second kappa shape index (κ2) is 7.77. The summed E-state index contributed by atoms with van der Waals surface area (Å²) >= 11 is 0. The van der Waals surface area contributed by atoms with Gasteiger partial charge in [-0.15, -0.1) is 0 Å². The lowest BCUT2D eigenvalue weighted by molar-refractivity contribution is -0.0390. The second-order valence-electron chi connectivity index (χ2n) is 9.65. The summed E-state index contributed by atoms with van der Waals surface area (Å²) in [6.07, 6.45) is 14.6. The summed E-state index contributed by atoms with van der Waals surface area (Å²) in [6, 6.07) is 0. The maximum absolute atomic E-state index is 9.41. The molecular formula is C23H40O. The van der Waals surface area contributed by atoms with Crippen LogP contribution in [0.15, 0.2) is 23.3 Å². The van der Waals surface area contributed by atoms with Crippen molar-refractivity contribution in [3.63, 3.8) is 0 Å². The molecule has 0 amide bonds. The molecule has 2 aliphatic rings. The minimum Gasteiger partial charge on any atom is -0.393 e. The molecule has 0 bridgehead atoms. The van der Waals surface area contributed by atoms with Gasteiger partial charge in [-0.3, -0.25) is 0 Å². The van der Waals surface area contributed by atoms with E-state index in [9.17, 15) is 5.11 Å². The van der Waals surface area contributed by atoms with Crippen molar-refractivity contribution in [2.75, 3.05) is 0 Å². The summed E-state index contributed by atoms with van der Waals surface area (Å²) in [5.41, 5.74) is 4.12. The van der Waals surface area contributed by atoms with Crippen molar-refractivity contribution in [2.45, 2.75) is 99.0 Å². The summed E-state index contributed by atoms with van der Waals surface area (Å²) < 4.78 is 0. The number of allylic oxidation sites excluding steroid dienone is 4. The average molecular weight is 333 g/mol. The summed E-state index contributed by atoms with van der Waals surface area (Å²) in [5.74, 6) is 1.59. The zero-order valence-electron chi connectivity index (χ0n) is 17.0. The van der Waals surface area contributed by atoms with Gasteiger partial charge < -0.3 is 5.11 Å². The Morgan fingerprint density at radius 2 is 2.04 bits per heavy atom. The highest BCUT2D eigenvalue weighted by atomic mass is 16.3. The SMILES string of the molecule is CC1=CC[C@@H]2C(C)(C)CCC[C@@]2(C)[C@H]1CC/C(C)=C/CC[C@@H](C)O. The molecule has 138 valence electrons. The molecule has 2 aliphatic carbocycles. The van der Waals surface area contributed by atoms with Gasteiger partial charge in [0.05, 0.1) is 6.10 Å². The van der Waals surface area contributed by atoms with Crippen LogP contribution in [0.1, 0.15) is 92.9 Å². The predicted molar refractivity (Wildman–Crippen MR) is 105 cm³/mol.